The van der Waals surface area contributed by atoms with Gasteiger partial charge < -0.3 is 33.3 Å². The first-order valence-corrected chi connectivity index (χ1v) is 14.2. The van der Waals surface area contributed by atoms with Crippen LogP contribution in [0, 0.1) is 18.8 Å². The van der Waals surface area contributed by atoms with E-state index < -0.39 is 30.4 Å². The lowest BCUT2D eigenvalue weighted by molar-refractivity contribution is -0.151. The Morgan fingerprint density at radius 1 is 1.02 bits per heavy atom. The number of aliphatic hydroxyl groups is 1. The number of hydrogen-bond acceptors (Lipinski definition) is 9. The summed E-state index contributed by atoms with van der Waals surface area (Å²) in [5.41, 5.74) is 2.60. The summed E-state index contributed by atoms with van der Waals surface area (Å²) in [7, 11) is 0. The van der Waals surface area contributed by atoms with Crippen molar-refractivity contribution < 1.29 is 38.1 Å². The molecule has 43 heavy (non-hydrogen) atoms. The number of benzene rings is 2. The Morgan fingerprint density at radius 2 is 1.84 bits per heavy atom. The number of aliphatic hydroxyl groups excluding tert-OH is 1. The molecule has 0 amide bonds. The molecule has 1 aliphatic rings. The number of nitrogens with zero attached hydrogens (tertiary/aromatic N) is 1. The van der Waals surface area contributed by atoms with Gasteiger partial charge in [-0.05, 0) is 68.8 Å². The number of furan rings is 1. The van der Waals surface area contributed by atoms with Crippen molar-refractivity contribution in [1.29, 1.82) is 0 Å². The van der Waals surface area contributed by atoms with E-state index in [9.17, 15) is 9.90 Å². The van der Waals surface area contributed by atoms with Crippen LogP contribution in [0.2, 0.25) is 0 Å². The molecule has 9 nitrogen and oxygen atoms in total. The Hall–Kier alpha value is -4.36. The fraction of sp³-hybridized carbons (Fsp3) is 0.353. The van der Waals surface area contributed by atoms with Crippen molar-refractivity contribution in [2.24, 2.45) is 5.16 Å². The third-order valence-electron chi connectivity index (χ3n) is 6.31. The van der Waals surface area contributed by atoms with Gasteiger partial charge >= 0.3 is 5.97 Å². The molecule has 0 fully saturated rings. The molecule has 0 saturated carbocycles. The maximum atomic E-state index is 12.6. The number of carbonyl (C=O) groups excluding carboxylic acids is 1. The van der Waals surface area contributed by atoms with Gasteiger partial charge in [0.1, 0.15) is 55.7 Å². The highest BCUT2D eigenvalue weighted by atomic mass is 16.6. The number of rotatable bonds is 14. The molecule has 0 saturated heterocycles. The van der Waals surface area contributed by atoms with E-state index >= 15 is 0 Å². The van der Waals surface area contributed by atoms with Crippen molar-refractivity contribution in [1.82, 2.24) is 0 Å². The number of ether oxygens (including phenoxy) is 4. The van der Waals surface area contributed by atoms with Crippen LogP contribution in [0.5, 0.6) is 5.75 Å². The van der Waals surface area contributed by atoms with Gasteiger partial charge in [-0.2, -0.15) is 0 Å². The normalized spacial score (nSPS) is 18.8. The van der Waals surface area contributed by atoms with E-state index in [-0.39, 0.29) is 32.8 Å². The molecule has 0 bridgehead atoms. The second kappa shape index (κ2) is 16.9. The van der Waals surface area contributed by atoms with Crippen molar-refractivity contribution in [2.75, 3.05) is 19.8 Å². The number of hydrogen-bond donors (Lipinski definition) is 1. The molecule has 226 valence electrons. The molecule has 4 atom stereocenters. The van der Waals surface area contributed by atoms with E-state index in [1.165, 1.54) is 0 Å². The van der Waals surface area contributed by atoms with E-state index in [2.05, 4.69) is 17.0 Å². The lowest BCUT2D eigenvalue weighted by Gasteiger charge is -2.30. The molecule has 3 aromatic rings. The zero-order valence-corrected chi connectivity index (χ0v) is 24.4. The SMILES string of the molecule is C/C(CCC(=O)OC[C@@H]1O[C@H](C#Cc2ccccc2)C=C[C@@H]1Oc1ccc(C)cc1)=N/OC[C@@H](O)COCc1ccco1. The van der Waals surface area contributed by atoms with Crippen LogP contribution in [0.1, 0.15) is 36.7 Å². The fourth-order valence-corrected chi connectivity index (χ4v) is 3.97. The highest BCUT2D eigenvalue weighted by Gasteiger charge is 2.30. The van der Waals surface area contributed by atoms with Gasteiger partial charge in [0.2, 0.25) is 0 Å². The number of oxime groups is 1. The number of esters is 1. The average molecular weight is 588 g/mol. The van der Waals surface area contributed by atoms with Gasteiger partial charge in [0.15, 0.2) is 0 Å². The standard InChI is InChI=1S/C34H37NO8/c1-25-10-14-29(15-11-25)42-32-18-17-30(16-13-27-7-4-3-5-8-27)43-33(32)24-40-34(37)19-12-26(2)35-41-22-28(36)21-38-23-31-9-6-20-39-31/h3-11,14-15,17-18,20,28,30,32-33,36H,12,19,21-24H2,1-2H3/b35-26-/t28-,30+,32-,33-/m0/s1. The van der Waals surface area contributed by atoms with Crippen molar-refractivity contribution >= 4 is 11.7 Å². The van der Waals surface area contributed by atoms with Gasteiger partial charge in [-0.25, -0.2) is 0 Å². The maximum Gasteiger partial charge on any atom is 0.306 e. The van der Waals surface area contributed by atoms with Crippen LogP contribution in [0.25, 0.3) is 0 Å². The third kappa shape index (κ3) is 11.4. The van der Waals surface area contributed by atoms with Gasteiger partial charge in [0, 0.05) is 5.56 Å². The third-order valence-corrected chi connectivity index (χ3v) is 6.31. The Bertz CT molecular complexity index is 1370. The van der Waals surface area contributed by atoms with Crippen molar-refractivity contribution in [3.63, 3.8) is 0 Å². The van der Waals surface area contributed by atoms with E-state index in [0.717, 1.165) is 11.1 Å². The van der Waals surface area contributed by atoms with Gasteiger partial charge in [-0.1, -0.05) is 52.9 Å². The highest BCUT2D eigenvalue weighted by Crippen LogP contribution is 2.21. The summed E-state index contributed by atoms with van der Waals surface area (Å²) in [6.07, 6.45) is 3.42. The monoisotopic (exact) mass is 587 g/mol. The largest absolute Gasteiger partial charge is 0.483 e. The van der Waals surface area contributed by atoms with Crippen LogP contribution in [0.4, 0.5) is 0 Å². The first-order chi connectivity index (χ1) is 20.9. The van der Waals surface area contributed by atoms with Crippen molar-refractivity contribution in [3.8, 4) is 17.6 Å². The molecule has 4 rings (SSSR count). The molecular weight excluding hydrogens is 550 g/mol. The zero-order valence-electron chi connectivity index (χ0n) is 24.4. The van der Waals surface area contributed by atoms with Gasteiger partial charge in [-0.3, -0.25) is 4.79 Å². The Labute approximate surface area is 252 Å². The topological polar surface area (TPSA) is 109 Å². The molecule has 2 heterocycles. The van der Waals surface area contributed by atoms with Crippen LogP contribution in [0.3, 0.4) is 0 Å². The minimum absolute atomic E-state index is 0.000106. The van der Waals surface area contributed by atoms with Crippen LogP contribution >= 0.6 is 0 Å². The fourth-order valence-electron chi connectivity index (χ4n) is 3.97. The molecule has 9 heteroatoms. The van der Waals surface area contributed by atoms with Gasteiger partial charge in [0.25, 0.3) is 0 Å². The van der Waals surface area contributed by atoms with Crippen LogP contribution < -0.4 is 4.74 Å². The molecule has 0 unspecified atom stereocenters. The second-order valence-corrected chi connectivity index (χ2v) is 10.1. The quantitative estimate of drug-likeness (QED) is 0.0923. The van der Waals surface area contributed by atoms with E-state index in [4.69, 9.17) is 28.2 Å². The summed E-state index contributed by atoms with van der Waals surface area (Å²) >= 11 is 0. The molecule has 1 aromatic heterocycles. The van der Waals surface area contributed by atoms with Crippen LogP contribution in [-0.2, 0) is 30.4 Å². The van der Waals surface area contributed by atoms with Crippen molar-refractivity contribution in [2.45, 2.75) is 57.7 Å². The average Bonchev–Trinajstić information content (AvgIpc) is 3.54. The molecular formula is C34H37NO8. The van der Waals surface area contributed by atoms with Gasteiger partial charge in [-0.15, -0.1) is 0 Å². The summed E-state index contributed by atoms with van der Waals surface area (Å²) in [6.45, 7) is 4.05. The zero-order chi connectivity index (χ0) is 30.3. The first kappa shape index (κ1) is 31.6. The molecule has 1 aliphatic heterocycles. The molecule has 1 N–H and O–H groups in total. The minimum Gasteiger partial charge on any atom is -0.483 e. The smallest absolute Gasteiger partial charge is 0.306 e. The molecule has 0 aliphatic carbocycles. The Balaban J connectivity index is 1.22. The lowest BCUT2D eigenvalue weighted by atomic mass is 10.1. The molecule has 0 radical (unpaired) electrons. The highest BCUT2D eigenvalue weighted by molar-refractivity contribution is 5.85. The van der Waals surface area contributed by atoms with E-state index in [1.54, 1.807) is 25.3 Å². The van der Waals surface area contributed by atoms with Gasteiger partial charge in [0.05, 0.1) is 25.0 Å². The predicted molar refractivity (Wildman–Crippen MR) is 160 cm³/mol. The Morgan fingerprint density at radius 3 is 2.60 bits per heavy atom. The van der Waals surface area contributed by atoms with Crippen molar-refractivity contribution in [3.05, 3.63) is 102 Å². The number of aryl methyl sites for hydroxylation is 1. The van der Waals surface area contributed by atoms with Crippen LogP contribution in [-0.4, -0.2) is 61.0 Å². The number of carbonyl (C=O) groups is 1. The Kier molecular flexibility index (Phi) is 12.4. The van der Waals surface area contributed by atoms with Crippen LogP contribution in [0.15, 0.2) is 94.7 Å². The lowest BCUT2D eigenvalue weighted by Crippen LogP contribution is -2.42. The second-order valence-electron chi connectivity index (χ2n) is 10.1. The molecule has 0 spiro atoms. The summed E-state index contributed by atoms with van der Waals surface area (Å²) in [5, 5.41) is 14.0. The maximum absolute atomic E-state index is 12.6. The summed E-state index contributed by atoms with van der Waals surface area (Å²) in [6, 6.07) is 20.9. The summed E-state index contributed by atoms with van der Waals surface area (Å²) in [5.74, 6) is 7.19. The first-order valence-electron chi connectivity index (χ1n) is 14.2. The predicted octanol–water partition coefficient (Wildman–Crippen LogP) is 5.00. The molecule has 2 aromatic carbocycles. The summed E-state index contributed by atoms with van der Waals surface area (Å²) < 4.78 is 28.4. The van der Waals surface area contributed by atoms with E-state index in [1.807, 2.05) is 73.7 Å². The summed E-state index contributed by atoms with van der Waals surface area (Å²) in [4.78, 5) is 17.8. The van der Waals surface area contributed by atoms with E-state index in [0.29, 0.717) is 23.6 Å². The minimum atomic E-state index is -0.850.